The lowest BCUT2D eigenvalue weighted by atomic mass is 10.0. The number of carbonyl (C=O) groups is 2. The lowest BCUT2D eigenvalue weighted by molar-refractivity contribution is -0.870. The summed E-state index contributed by atoms with van der Waals surface area (Å²) in [6.07, 6.45) is 45.9. The number of carbonyl (C=O) groups excluding carboxylic acids is 2. The van der Waals surface area contributed by atoms with Crippen LogP contribution in [0.5, 0.6) is 0 Å². The van der Waals surface area contributed by atoms with E-state index in [1.165, 1.54) is 167 Å². The number of likely N-dealkylation sites (N-methyl/N-ethyl adjacent to an activating group) is 1. The summed E-state index contributed by atoms with van der Waals surface area (Å²) < 4.78 is 30.1. The van der Waals surface area contributed by atoms with E-state index in [2.05, 4.69) is 26.1 Å². The molecule has 0 aromatic carbocycles. The summed E-state index contributed by atoms with van der Waals surface area (Å²) >= 11 is 0. The molecule has 3 unspecified atom stereocenters. The number of nitrogens with one attached hydrogen (secondary N) is 1. The van der Waals surface area contributed by atoms with Crippen LogP contribution in [0, 0.1) is 0 Å². The fourth-order valence-electron chi connectivity index (χ4n) is 7.82. The number of rotatable bonds is 48. The minimum absolute atomic E-state index is 0.0174. The zero-order valence-electron chi connectivity index (χ0n) is 41.8. The third-order valence-corrected chi connectivity index (χ3v) is 12.9. The Morgan fingerprint density at radius 3 is 1.32 bits per heavy atom. The number of esters is 1. The summed E-state index contributed by atoms with van der Waals surface area (Å²) in [5, 5.41) is 3.01. The molecule has 3 atom stereocenters. The first kappa shape index (κ1) is 60.8. The largest absolute Gasteiger partial charge is 0.756 e. The van der Waals surface area contributed by atoms with Gasteiger partial charge in [-0.05, 0) is 31.8 Å². The van der Waals surface area contributed by atoms with Crippen molar-refractivity contribution in [3.8, 4) is 0 Å². The molecule has 10 heteroatoms. The van der Waals surface area contributed by atoms with Crippen molar-refractivity contribution in [2.45, 2.75) is 270 Å². The molecule has 0 radical (unpaired) electrons. The minimum Gasteiger partial charge on any atom is -0.756 e. The quantitative estimate of drug-likeness (QED) is 0.0213. The third-order valence-electron chi connectivity index (χ3n) is 12.0. The monoisotopic (exact) mass is 899 g/mol. The molecule has 0 fully saturated rings. The van der Waals surface area contributed by atoms with Crippen LogP contribution in [0.25, 0.3) is 0 Å². The highest BCUT2D eigenvalue weighted by Crippen LogP contribution is 2.38. The van der Waals surface area contributed by atoms with Crippen molar-refractivity contribution < 1.29 is 37.3 Å². The van der Waals surface area contributed by atoms with Gasteiger partial charge in [-0.1, -0.05) is 226 Å². The van der Waals surface area contributed by atoms with Gasteiger partial charge in [-0.3, -0.25) is 14.2 Å². The Labute approximate surface area is 384 Å². The molecule has 0 saturated carbocycles. The van der Waals surface area contributed by atoms with Crippen LogP contribution in [0.15, 0.2) is 12.2 Å². The second-order valence-electron chi connectivity index (χ2n) is 19.4. The van der Waals surface area contributed by atoms with Gasteiger partial charge in [0.15, 0.2) is 0 Å². The van der Waals surface area contributed by atoms with E-state index in [-0.39, 0.29) is 31.5 Å². The zero-order chi connectivity index (χ0) is 45.8. The lowest BCUT2D eigenvalue weighted by Gasteiger charge is -2.30. The van der Waals surface area contributed by atoms with E-state index >= 15 is 0 Å². The molecule has 1 amide bonds. The van der Waals surface area contributed by atoms with Gasteiger partial charge in [-0.15, -0.1) is 0 Å². The molecule has 0 aromatic rings. The Morgan fingerprint density at radius 1 is 0.548 bits per heavy atom. The van der Waals surface area contributed by atoms with E-state index in [1.807, 2.05) is 33.3 Å². The van der Waals surface area contributed by atoms with Crippen molar-refractivity contribution >= 4 is 19.7 Å². The minimum atomic E-state index is -4.68. The van der Waals surface area contributed by atoms with Gasteiger partial charge in [0.25, 0.3) is 7.82 Å². The predicted molar refractivity (Wildman–Crippen MR) is 261 cm³/mol. The van der Waals surface area contributed by atoms with Crippen molar-refractivity contribution in [2.24, 2.45) is 0 Å². The van der Waals surface area contributed by atoms with E-state index < -0.39 is 20.0 Å². The number of hydrogen-bond acceptors (Lipinski definition) is 7. The van der Waals surface area contributed by atoms with Gasteiger partial charge >= 0.3 is 5.97 Å². The van der Waals surface area contributed by atoms with Crippen LogP contribution in [-0.4, -0.2) is 69.4 Å². The molecule has 0 aromatic heterocycles. The first-order valence-corrected chi connectivity index (χ1v) is 28.0. The molecule has 1 N–H and O–H groups in total. The van der Waals surface area contributed by atoms with Crippen molar-refractivity contribution in [2.75, 3.05) is 40.9 Å². The Hall–Kier alpha value is -1.25. The number of hydrogen-bond donors (Lipinski definition) is 1. The van der Waals surface area contributed by atoms with Crippen molar-refractivity contribution in [1.82, 2.24) is 5.32 Å². The van der Waals surface area contributed by atoms with E-state index in [9.17, 15) is 19.0 Å². The van der Waals surface area contributed by atoms with Crippen molar-refractivity contribution in [3.05, 3.63) is 12.2 Å². The van der Waals surface area contributed by atoms with E-state index in [1.54, 1.807) is 0 Å². The maximum absolute atomic E-state index is 13.4. The number of unbranched alkanes of at least 4 members (excludes halogenated alkanes) is 32. The van der Waals surface area contributed by atoms with Crippen LogP contribution < -0.4 is 10.2 Å². The average Bonchev–Trinajstić information content (AvgIpc) is 3.22. The lowest BCUT2D eigenvalue weighted by Crippen LogP contribution is -2.47. The first-order valence-electron chi connectivity index (χ1n) is 26.5. The summed E-state index contributed by atoms with van der Waals surface area (Å²) in [4.78, 5) is 39.6. The molecule has 0 aliphatic carbocycles. The van der Waals surface area contributed by atoms with Gasteiger partial charge in [0.05, 0.1) is 33.8 Å². The number of phosphoric acid groups is 1. The van der Waals surface area contributed by atoms with Crippen LogP contribution in [0.3, 0.4) is 0 Å². The molecule has 0 bridgehead atoms. The van der Waals surface area contributed by atoms with Crippen LogP contribution in [0.1, 0.15) is 258 Å². The summed E-state index contributed by atoms with van der Waals surface area (Å²) in [6.45, 7) is 6.84. The zero-order valence-corrected chi connectivity index (χ0v) is 42.7. The van der Waals surface area contributed by atoms with Gasteiger partial charge in [0.1, 0.15) is 19.3 Å². The van der Waals surface area contributed by atoms with Gasteiger partial charge < -0.3 is 28.5 Å². The number of phosphoric ester groups is 1. The van der Waals surface area contributed by atoms with Crippen LogP contribution >= 0.6 is 7.82 Å². The molecule has 0 saturated heterocycles. The second-order valence-corrected chi connectivity index (χ2v) is 20.8. The maximum Gasteiger partial charge on any atom is 0.306 e. The summed E-state index contributed by atoms with van der Waals surface area (Å²) in [5.41, 5.74) is 0. The number of ether oxygens (including phenoxy) is 1. The summed E-state index contributed by atoms with van der Waals surface area (Å²) in [5.74, 6) is -0.530. The number of nitrogens with zero attached hydrogens (tertiary/aromatic N) is 1. The van der Waals surface area contributed by atoms with E-state index in [4.69, 9.17) is 13.8 Å². The van der Waals surface area contributed by atoms with Gasteiger partial charge in [0, 0.05) is 12.8 Å². The molecular weight excluding hydrogens is 796 g/mol. The molecule has 368 valence electrons. The molecular formula is C52H103N2O7P. The normalized spacial score (nSPS) is 14.0. The van der Waals surface area contributed by atoms with Crippen LogP contribution in [0.4, 0.5) is 0 Å². The molecule has 0 aliphatic heterocycles. The molecule has 9 nitrogen and oxygen atoms in total. The fourth-order valence-corrected chi connectivity index (χ4v) is 8.54. The highest BCUT2D eigenvalue weighted by atomic mass is 31.2. The Morgan fingerprint density at radius 2 is 0.919 bits per heavy atom. The topological polar surface area (TPSA) is 114 Å². The standard InChI is InChI=1S/C52H103N2O7P/c1-7-10-13-16-19-22-25-27-30-32-35-38-41-44-51(55)53-49(48-60-62(57,58)59-47-46-54(4,5)6)50(43-40-37-34-31-29-26-23-20-17-14-11-8-2)61-52(56)45-42-39-36-33-28-24-21-18-15-12-9-3/h40,43,49-50H,7-39,41-42,44-48H2,1-6H3,(H-,53,55,57,58)/b43-40+. The highest BCUT2D eigenvalue weighted by molar-refractivity contribution is 7.45. The third kappa shape index (κ3) is 44.0. The number of amides is 1. The Balaban J connectivity index is 5.40. The van der Waals surface area contributed by atoms with Gasteiger partial charge in [-0.25, -0.2) is 0 Å². The summed E-state index contributed by atoms with van der Waals surface area (Å²) in [7, 11) is 1.20. The van der Waals surface area contributed by atoms with E-state index in [0.717, 1.165) is 57.8 Å². The number of allylic oxidation sites excluding steroid dienone is 1. The fraction of sp³-hybridized carbons (Fsp3) is 0.923. The average molecular weight is 899 g/mol. The second kappa shape index (κ2) is 43.6. The van der Waals surface area contributed by atoms with Gasteiger partial charge in [0.2, 0.25) is 5.91 Å². The number of quaternary nitrogens is 1. The molecule has 0 aliphatic rings. The van der Waals surface area contributed by atoms with Crippen molar-refractivity contribution in [3.63, 3.8) is 0 Å². The van der Waals surface area contributed by atoms with E-state index in [0.29, 0.717) is 17.4 Å². The van der Waals surface area contributed by atoms with Crippen LogP contribution in [0.2, 0.25) is 0 Å². The maximum atomic E-state index is 13.4. The predicted octanol–water partition coefficient (Wildman–Crippen LogP) is 14.6. The summed E-state index contributed by atoms with van der Waals surface area (Å²) in [6, 6.07) is -0.876. The Kier molecular flexibility index (Phi) is 42.8. The molecule has 62 heavy (non-hydrogen) atoms. The SMILES string of the molecule is CCCCCCCCCCCC/C=C/C(OC(=O)CCCCCCCCCCCCC)C(COP(=O)([O-])OCC[N+](C)(C)C)NC(=O)CCCCCCCCCCCCCCC. The van der Waals surface area contributed by atoms with Crippen LogP contribution in [-0.2, 0) is 27.9 Å². The smallest absolute Gasteiger partial charge is 0.306 e. The Bertz CT molecular complexity index is 1080. The van der Waals surface area contributed by atoms with Crippen molar-refractivity contribution in [1.29, 1.82) is 0 Å². The molecule has 0 heterocycles. The van der Waals surface area contributed by atoms with Gasteiger partial charge in [-0.2, -0.15) is 0 Å². The molecule has 0 rings (SSSR count). The highest BCUT2D eigenvalue weighted by Gasteiger charge is 2.27. The molecule has 0 spiro atoms. The first-order chi connectivity index (χ1) is 29.9.